The van der Waals surface area contributed by atoms with E-state index in [1.807, 2.05) is 0 Å². The van der Waals surface area contributed by atoms with Crippen molar-refractivity contribution in [3.8, 4) is 0 Å². The average Bonchev–Trinajstić information content (AvgIpc) is 3.19. The number of aromatic nitrogens is 5. The summed E-state index contributed by atoms with van der Waals surface area (Å²) in [5.41, 5.74) is 0.109. The number of nitrogens with zero attached hydrogens (tertiary/aromatic N) is 5. The Balaban J connectivity index is 1.30. The number of nitrogens with one attached hydrogen (secondary N) is 3. The predicted octanol–water partition coefficient (Wildman–Crippen LogP) is 3.56. The number of alkyl halides is 4. The number of carbonyl (C=O) groups excluding carboxylic acids is 1. The Morgan fingerprint density at radius 1 is 1.23 bits per heavy atom. The second-order valence-electron chi connectivity index (χ2n) is 10.4. The summed E-state index contributed by atoms with van der Waals surface area (Å²) >= 11 is 1.14. The molecule has 3 aliphatic rings. The Morgan fingerprint density at radius 3 is 2.62 bits per heavy atom. The van der Waals surface area contributed by atoms with Gasteiger partial charge in [0.1, 0.15) is 40.1 Å². The molecule has 3 atom stereocenters. The number of rotatable bonds is 9. The second-order valence-corrected chi connectivity index (χ2v) is 13.1. The van der Waals surface area contributed by atoms with Crippen molar-refractivity contribution in [2.75, 3.05) is 10.6 Å². The molecule has 216 valence electrons. The molecule has 2 saturated carbocycles. The minimum absolute atomic E-state index is 0.0680. The van der Waals surface area contributed by atoms with Crippen molar-refractivity contribution >= 4 is 44.0 Å². The molecule has 0 spiro atoms. The second kappa shape index (κ2) is 10.1. The van der Waals surface area contributed by atoms with Crippen LogP contribution in [0.3, 0.4) is 0 Å². The van der Waals surface area contributed by atoms with Gasteiger partial charge in [-0.2, -0.15) is 5.10 Å². The van der Waals surface area contributed by atoms with Gasteiger partial charge in [-0.15, -0.1) is 21.5 Å². The smallest absolute Gasteiger partial charge is 0.282 e. The van der Waals surface area contributed by atoms with Gasteiger partial charge >= 0.3 is 0 Å². The van der Waals surface area contributed by atoms with Gasteiger partial charge < -0.3 is 10.6 Å². The SMILES string of the molecule is Cn1nc(C(F)F)cc1Nc1nncn1[C@H]1CCc2sc(NC(=O)[C@H]3C[C@@H]3F)c(S(=O)(=O)NC3CC(F)C3)c2C1. The van der Waals surface area contributed by atoms with Gasteiger partial charge in [0.2, 0.25) is 21.9 Å². The highest BCUT2D eigenvalue weighted by Gasteiger charge is 2.45. The highest BCUT2D eigenvalue weighted by Crippen LogP contribution is 2.45. The lowest BCUT2D eigenvalue weighted by atomic mass is 9.92. The zero-order chi connectivity index (χ0) is 28.3. The van der Waals surface area contributed by atoms with Gasteiger partial charge in [0, 0.05) is 30.1 Å². The first-order chi connectivity index (χ1) is 19.0. The number of hydrogen-bond acceptors (Lipinski definition) is 8. The molecule has 0 radical (unpaired) electrons. The highest BCUT2D eigenvalue weighted by atomic mass is 32.2. The maximum Gasteiger partial charge on any atom is 0.282 e. The predicted molar refractivity (Wildman–Crippen MR) is 137 cm³/mol. The molecular formula is C23H26F4N8O3S2. The standard InChI is InChI=1S/C23H26F4N8O3S2/c1-34-18(8-16(32-34)20(26)27)29-23-31-28-9-35(23)12-2-3-17-14(6-12)19(40(37,38)33-11-4-10(24)5-11)22(39-17)30-21(36)13-7-15(13)25/h8-13,15,20,33H,2-7H2,1H3,(H,29,31)(H,30,36)/t10?,11?,12-,13-,15-/m0/s1. The van der Waals surface area contributed by atoms with Crippen molar-refractivity contribution in [2.24, 2.45) is 13.0 Å². The van der Waals surface area contributed by atoms with Gasteiger partial charge in [-0.3, -0.25) is 14.0 Å². The van der Waals surface area contributed by atoms with E-state index in [2.05, 4.69) is 30.7 Å². The largest absolute Gasteiger partial charge is 0.316 e. The van der Waals surface area contributed by atoms with Crippen LogP contribution in [0.25, 0.3) is 0 Å². The fourth-order valence-corrected chi connectivity index (χ4v) is 8.37. The first-order valence-electron chi connectivity index (χ1n) is 12.7. The molecule has 0 aromatic carbocycles. The number of anilines is 3. The number of amides is 1. The Hall–Kier alpha value is -3.05. The van der Waals surface area contributed by atoms with Crippen molar-refractivity contribution in [1.29, 1.82) is 0 Å². The Bertz CT molecular complexity index is 1550. The molecule has 3 aromatic rings. The van der Waals surface area contributed by atoms with E-state index < -0.39 is 52.4 Å². The van der Waals surface area contributed by atoms with E-state index in [0.29, 0.717) is 18.4 Å². The fraction of sp³-hybridized carbons (Fsp3) is 0.565. The maximum atomic E-state index is 13.6. The number of fused-ring (bicyclic) bond motifs is 1. The Kier molecular flexibility index (Phi) is 6.85. The van der Waals surface area contributed by atoms with Gasteiger partial charge in [-0.05, 0) is 44.1 Å². The van der Waals surface area contributed by atoms with E-state index in [9.17, 15) is 30.8 Å². The van der Waals surface area contributed by atoms with Crippen molar-refractivity contribution in [2.45, 2.75) is 74.3 Å². The summed E-state index contributed by atoms with van der Waals surface area (Å²) in [6.07, 6.45) is -2.06. The third kappa shape index (κ3) is 5.09. The van der Waals surface area contributed by atoms with Crippen LogP contribution in [-0.2, 0) is 34.7 Å². The van der Waals surface area contributed by atoms with E-state index in [0.717, 1.165) is 16.2 Å². The molecular weight excluding hydrogens is 576 g/mol. The van der Waals surface area contributed by atoms with Crippen LogP contribution in [0.5, 0.6) is 0 Å². The van der Waals surface area contributed by atoms with Crippen LogP contribution in [0.15, 0.2) is 17.3 Å². The van der Waals surface area contributed by atoms with Gasteiger partial charge in [0.15, 0.2) is 0 Å². The lowest BCUT2D eigenvalue weighted by Gasteiger charge is -2.30. The molecule has 0 aliphatic heterocycles. The summed E-state index contributed by atoms with van der Waals surface area (Å²) in [6.45, 7) is 0. The number of hydrogen-bond donors (Lipinski definition) is 3. The van der Waals surface area contributed by atoms with E-state index in [1.165, 1.54) is 24.1 Å². The van der Waals surface area contributed by atoms with Gasteiger partial charge in [-0.25, -0.2) is 30.7 Å². The van der Waals surface area contributed by atoms with Crippen molar-refractivity contribution in [3.63, 3.8) is 0 Å². The molecule has 0 bridgehead atoms. The topological polar surface area (TPSA) is 136 Å². The number of aryl methyl sites for hydroxylation is 2. The van der Waals surface area contributed by atoms with E-state index >= 15 is 0 Å². The zero-order valence-corrected chi connectivity index (χ0v) is 22.8. The summed E-state index contributed by atoms with van der Waals surface area (Å²) in [4.78, 5) is 13.2. The molecule has 0 saturated heterocycles. The highest BCUT2D eigenvalue weighted by molar-refractivity contribution is 7.90. The molecule has 40 heavy (non-hydrogen) atoms. The molecule has 17 heteroatoms. The minimum Gasteiger partial charge on any atom is -0.316 e. The van der Waals surface area contributed by atoms with Crippen LogP contribution in [0, 0.1) is 5.92 Å². The average molecular weight is 603 g/mol. The fourth-order valence-electron chi connectivity index (χ4n) is 5.13. The Labute approximate surface area is 230 Å². The molecule has 3 aliphatic carbocycles. The van der Waals surface area contributed by atoms with Gasteiger partial charge in [-0.1, -0.05) is 0 Å². The first kappa shape index (κ1) is 27.1. The van der Waals surface area contributed by atoms with Crippen LogP contribution in [0.1, 0.15) is 54.3 Å². The van der Waals surface area contributed by atoms with Crippen molar-refractivity contribution in [1.82, 2.24) is 29.3 Å². The van der Waals surface area contributed by atoms with E-state index in [4.69, 9.17) is 0 Å². The van der Waals surface area contributed by atoms with Crippen LogP contribution >= 0.6 is 11.3 Å². The molecule has 11 nitrogen and oxygen atoms in total. The number of sulfonamides is 1. The normalized spacial score (nSPS) is 25.9. The van der Waals surface area contributed by atoms with Gasteiger partial charge in [0.05, 0.1) is 5.92 Å². The summed E-state index contributed by atoms with van der Waals surface area (Å²) in [6, 6.07) is 0.345. The summed E-state index contributed by atoms with van der Waals surface area (Å²) in [5.74, 6) is -0.851. The quantitative estimate of drug-likeness (QED) is 0.319. The number of carbonyl (C=O) groups is 1. The van der Waals surface area contributed by atoms with E-state index in [-0.39, 0.29) is 53.4 Å². The van der Waals surface area contributed by atoms with Crippen LogP contribution in [0.2, 0.25) is 0 Å². The summed E-state index contributed by atoms with van der Waals surface area (Å²) in [5, 5.41) is 17.5. The molecule has 3 heterocycles. The molecule has 1 amide bonds. The number of halogens is 4. The monoisotopic (exact) mass is 602 g/mol. The van der Waals surface area contributed by atoms with Crippen LogP contribution < -0.4 is 15.4 Å². The third-order valence-corrected chi connectivity index (χ3v) is 10.4. The summed E-state index contributed by atoms with van der Waals surface area (Å²) < 4.78 is 85.8. The molecule has 3 aromatic heterocycles. The Morgan fingerprint density at radius 2 is 1.98 bits per heavy atom. The summed E-state index contributed by atoms with van der Waals surface area (Å²) in [7, 11) is -2.65. The van der Waals surface area contributed by atoms with Crippen LogP contribution in [-0.4, -0.2) is 57.3 Å². The van der Waals surface area contributed by atoms with Crippen LogP contribution in [0.4, 0.5) is 34.3 Å². The van der Waals surface area contributed by atoms with Gasteiger partial charge in [0.25, 0.3) is 6.43 Å². The minimum atomic E-state index is -4.15. The van der Waals surface area contributed by atoms with Crippen molar-refractivity contribution < 1.29 is 30.8 Å². The third-order valence-electron chi connectivity index (χ3n) is 7.47. The number of thiophene rings is 1. The van der Waals surface area contributed by atoms with E-state index in [1.54, 1.807) is 4.57 Å². The zero-order valence-electron chi connectivity index (χ0n) is 21.2. The molecule has 6 rings (SSSR count). The lowest BCUT2D eigenvalue weighted by molar-refractivity contribution is -0.117. The molecule has 3 N–H and O–H groups in total. The first-order valence-corrected chi connectivity index (χ1v) is 15.0. The lowest BCUT2D eigenvalue weighted by Crippen LogP contribution is -2.45. The maximum absolute atomic E-state index is 13.6. The molecule has 2 fully saturated rings. The molecule has 0 unspecified atom stereocenters. The van der Waals surface area contributed by atoms with Crippen molar-refractivity contribution in [3.05, 3.63) is 28.5 Å².